The molecule has 0 radical (unpaired) electrons. The van der Waals surface area contributed by atoms with Crippen LogP contribution in [0, 0.1) is 0 Å². The lowest BCUT2D eigenvalue weighted by molar-refractivity contribution is 0.190. The Morgan fingerprint density at radius 1 is 1.45 bits per heavy atom. The predicted molar refractivity (Wildman–Crippen MR) is 89.2 cm³/mol. The van der Waals surface area contributed by atoms with E-state index in [0.717, 1.165) is 19.5 Å². The molecule has 1 fully saturated rings. The van der Waals surface area contributed by atoms with E-state index in [2.05, 4.69) is 50.3 Å². The molecule has 1 aliphatic heterocycles. The van der Waals surface area contributed by atoms with Gasteiger partial charge in [-0.15, -0.1) is 0 Å². The lowest BCUT2D eigenvalue weighted by Gasteiger charge is -2.38. The summed E-state index contributed by atoms with van der Waals surface area (Å²) in [7, 11) is -1.67. The maximum atomic E-state index is 6.43. The molecule has 0 bridgehead atoms. The highest BCUT2D eigenvalue weighted by molar-refractivity contribution is 6.74. The molecule has 1 aliphatic rings. The molecule has 0 saturated carbocycles. The normalized spacial score (nSPS) is 21.8. The van der Waals surface area contributed by atoms with Crippen molar-refractivity contribution in [2.45, 2.75) is 51.4 Å². The summed E-state index contributed by atoms with van der Waals surface area (Å²) in [4.78, 5) is 6.30. The number of likely N-dealkylation sites (tertiary alicyclic amines) is 1. The van der Waals surface area contributed by atoms with E-state index < -0.39 is 8.32 Å². The minimum Gasteiger partial charge on any atom is -0.412 e. The Labute approximate surface area is 124 Å². The van der Waals surface area contributed by atoms with Crippen molar-refractivity contribution in [3.8, 4) is 0 Å². The van der Waals surface area contributed by atoms with Gasteiger partial charge in [0.2, 0.25) is 0 Å². The molecular formula is C15H29N3OSi. The summed E-state index contributed by atoms with van der Waals surface area (Å²) in [6.45, 7) is 17.0. The summed E-state index contributed by atoms with van der Waals surface area (Å²) in [6, 6.07) is 0. The third kappa shape index (κ3) is 4.79. The van der Waals surface area contributed by atoms with Crippen molar-refractivity contribution < 1.29 is 4.43 Å². The Kier molecular flexibility index (Phi) is 5.59. The number of hydrogen-bond donors (Lipinski definition) is 1. The minimum atomic E-state index is -1.67. The van der Waals surface area contributed by atoms with E-state index in [9.17, 15) is 0 Å². The number of hydrogen-bond acceptors (Lipinski definition) is 3. The van der Waals surface area contributed by atoms with Crippen molar-refractivity contribution in [1.29, 1.82) is 0 Å². The van der Waals surface area contributed by atoms with Gasteiger partial charge in [0.15, 0.2) is 8.32 Å². The second-order valence-corrected chi connectivity index (χ2v) is 11.6. The highest BCUT2D eigenvalue weighted by atomic mass is 28.4. The highest BCUT2D eigenvalue weighted by Crippen LogP contribution is 2.38. The van der Waals surface area contributed by atoms with Crippen molar-refractivity contribution >= 4 is 14.2 Å². The van der Waals surface area contributed by atoms with Gasteiger partial charge in [-0.2, -0.15) is 0 Å². The van der Waals surface area contributed by atoms with Crippen LogP contribution in [0.3, 0.4) is 0 Å². The molecule has 1 heterocycles. The minimum absolute atomic E-state index is 0.263. The molecule has 0 spiro atoms. The molecule has 0 unspecified atom stereocenters. The van der Waals surface area contributed by atoms with Gasteiger partial charge in [0.05, 0.1) is 6.10 Å². The number of amidine groups is 1. The van der Waals surface area contributed by atoms with Crippen LogP contribution in [0.5, 0.6) is 0 Å². The molecule has 1 saturated heterocycles. The average molecular weight is 296 g/mol. The summed E-state index contributed by atoms with van der Waals surface area (Å²) < 4.78 is 6.43. The van der Waals surface area contributed by atoms with Crippen LogP contribution in [-0.2, 0) is 4.43 Å². The van der Waals surface area contributed by atoms with E-state index in [1.807, 2.05) is 6.20 Å². The zero-order chi connectivity index (χ0) is 15.4. The number of nitrogens with two attached hydrogens (primary N) is 1. The first kappa shape index (κ1) is 17.0. The predicted octanol–water partition coefficient (Wildman–Crippen LogP) is 3.10. The molecule has 4 nitrogen and oxygen atoms in total. The summed E-state index contributed by atoms with van der Waals surface area (Å²) in [5.74, 6) is 0.439. The van der Waals surface area contributed by atoms with E-state index in [4.69, 9.17) is 10.2 Å². The molecule has 0 aromatic heterocycles. The van der Waals surface area contributed by atoms with E-state index >= 15 is 0 Å². The van der Waals surface area contributed by atoms with Crippen LogP contribution in [0.25, 0.3) is 0 Å². The lowest BCUT2D eigenvalue weighted by atomic mass is 10.2. The molecular weight excluding hydrogens is 266 g/mol. The van der Waals surface area contributed by atoms with Crippen LogP contribution in [0.1, 0.15) is 27.2 Å². The van der Waals surface area contributed by atoms with Crippen LogP contribution >= 0.6 is 0 Å². The molecule has 114 valence electrons. The fourth-order valence-corrected chi connectivity index (χ4v) is 3.22. The molecule has 0 aromatic carbocycles. The largest absolute Gasteiger partial charge is 0.412 e. The molecule has 5 heteroatoms. The Morgan fingerprint density at radius 3 is 2.65 bits per heavy atom. The summed E-state index contributed by atoms with van der Waals surface area (Å²) in [5.41, 5.74) is 5.56. The Hall–Kier alpha value is -1.07. The first-order chi connectivity index (χ1) is 9.15. The molecule has 20 heavy (non-hydrogen) atoms. The monoisotopic (exact) mass is 295 g/mol. The zero-order valence-corrected chi connectivity index (χ0v) is 14.5. The van der Waals surface area contributed by atoms with Gasteiger partial charge in [0.1, 0.15) is 5.84 Å². The molecule has 1 atom stereocenters. The fraction of sp³-hybridized carbons (Fsp3) is 0.667. The SMILES string of the molecule is C=CC(N)=NC=CN1CC[C@H](O[Si](C)(C)C(C)(C)C)C1. The van der Waals surface area contributed by atoms with Crippen molar-refractivity contribution in [3.05, 3.63) is 25.1 Å². The van der Waals surface area contributed by atoms with Crippen molar-refractivity contribution in [3.63, 3.8) is 0 Å². The second-order valence-electron chi connectivity index (χ2n) is 6.84. The average Bonchev–Trinajstić information content (AvgIpc) is 2.74. The Morgan fingerprint density at radius 2 is 2.10 bits per heavy atom. The zero-order valence-electron chi connectivity index (χ0n) is 13.5. The Balaban J connectivity index is 2.50. The van der Waals surface area contributed by atoms with Gasteiger partial charge in [-0.25, -0.2) is 4.99 Å². The van der Waals surface area contributed by atoms with Crippen LogP contribution < -0.4 is 5.73 Å². The fourth-order valence-electron chi connectivity index (χ4n) is 1.85. The molecule has 0 aliphatic carbocycles. The van der Waals surface area contributed by atoms with Crippen LogP contribution in [0.2, 0.25) is 18.1 Å². The van der Waals surface area contributed by atoms with Crippen LogP contribution in [0.15, 0.2) is 30.0 Å². The molecule has 0 amide bonds. The van der Waals surface area contributed by atoms with Crippen LogP contribution in [0.4, 0.5) is 0 Å². The van der Waals surface area contributed by atoms with Gasteiger partial charge in [-0.05, 0) is 30.6 Å². The quantitative estimate of drug-likeness (QED) is 0.482. The first-order valence-electron chi connectivity index (χ1n) is 7.20. The number of aliphatic imine (C=N–C) groups is 1. The number of rotatable bonds is 5. The topological polar surface area (TPSA) is 50.8 Å². The maximum absolute atomic E-state index is 6.43. The van der Waals surface area contributed by atoms with Crippen molar-refractivity contribution in [1.82, 2.24) is 4.90 Å². The Bertz CT molecular complexity index is 396. The van der Waals surface area contributed by atoms with Gasteiger partial charge in [-0.1, -0.05) is 27.4 Å². The highest BCUT2D eigenvalue weighted by Gasteiger charge is 2.40. The maximum Gasteiger partial charge on any atom is 0.192 e. The summed E-state index contributed by atoms with van der Waals surface area (Å²) in [5, 5.41) is 0.263. The van der Waals surface area contributed by atoms with Gasteiger partial charge >= 0.3 is 0 Å². The molecule has 0 aromatic rings. The second kappa shape index (κ2) is 6.59. The summed E-state index contributed by atoms with van der Waals surface area (Å²) in [6.07, 6.45) is 6.66. The lowest BCUT2D eigenvalue weighted by Crippen LogP contribution is -2.44. The van der Waals surface area contributed by atoms with Gasteiger partial charge in [0.25, 0.3) is 0 Å². The smallest absolute Gasteiger partial charge is 0.192 e. The third-order valence-electron chi connectivity index (χ3n) is 4.15. The van der Waals surface area contributed by atoms with E-state index in [1.165, 1.54) is 6.08 Å². The van der Waals surface area contributed by atoms with E-state index in [1.54, 1.807) is 6.20 Å². The molecule has 2 N–H and O–H groups in total. The van der Waals surface area contributed by atoms with Crippen molar-refractivity contribution in [2.24, 2.45) is 10.7 Å². The van der Waals surface area contributed by atoms with Gasteiger partial charge < -0.3 is 15.1 Å². The first-order valence-corrected chi connectivity index (χ1v) is 10.1. The van der Waals surface area contributed by atoms with Crippen molar-refractivity contribution in [2.75, 3.05) is 13.1 Å². The third-order valence-corrected chi connectivity index (χ3v) is 8.69. The van der Waals surface area contributed by atoms with E-state index in [0.29, 0.717) is 11.9 Å². The van der Waals surface area contributed by atoms with Crippen LogP contribution in [-0.4, -0.2) is 38.2 Å². The summed E-state index contributed by atoms with van der Waals surface area (Å²) >= 11 is 0. The number of nitrogens with zero attached hydrogens (tertiary/aromatic N) is 2. The van der Waals surface area contributed by atoms with E-state index in [-0.39, 0.29) is 5.04 Å². The van der Waals surface area contributed by atoms with Gasteiger partial charge in [0, 0.05) is 25.5 Å². The standard InChI is InChI=1S/C15H29N3OSi/c1-7-14(16)17-9-11-18-10-8-13(12-18)19-20(5,6)15(2,3)4/h7,9,11,13H,1,8,10,12H2,2-6H3,(H2,16,17)/t13-/m0/s1. The van der Waals surface area contributed by atoms with Gasteiger partial charge in [-0.3, -0.25) is 0 Å². The molecule has 1 rings (SSSR count).